The first kappa shape index (κ1) is 15.0. The van der Waals surface area contributed by atoms with Crippen LogP contribution in [0.3, 0.4) is 0 Å². The highest BCUT2D eigenvalue weighted by atomic mass is 16.2. The molecule has 5 nitrogen and oxygen atoms in total. The molecule has 5 heteroatoms. The number of nitrogens with zero attached hydrogens (tertiary/aromatic N) is 2. The van der Waals surface area contributed by atoms with Gasteiger partial charge in [-0.3, -0.25) is 9.48 Å². The molecule has 1 fully saturated rings. The van der Waals surface area contributed by atoms with Crippen molar-refractivity contribution >= 4 is 5.91 Å². The monoisotopic (exact) mass is 278 g/mol. The van der Waals surface area contributed by atoms with E-state index in [1.807, 2.05) is 17.9 Å². The minimum absolute atomic E-state index is 0.0251. The lowest BCUT2D eigenvalue weighted by Gasteiger charge is -2.20. The van der Waals surface area contributed by atoms with E-state index >= 15 is 0 Å². The maximum absolute atomic E-state index is 12.2. The minimum atomic E-state index is -0.166. The summed E-state index contributed by atoms with van der Waals surface area (Å²) in [5.74, 6) is -0.0837. The van der Waals surface area contributed by atoms with Gasteiger partial charge in [-0.15, -0.1) is 0 Å². The quantitative estimate of drug-likeness (QED) is 0.847. The summed E-state index contributed by atoms with van der Waals surface area (Å²) in [5, 5.41) is 7.59. The average Bonchev–Trinajstić information content (AvgIpc) is 3.06. The molecule has 0 spiro atoms. The number of rotatable bonds is 5. The van der Waals surface area contributed by atoms with Crippen LogP contribution < -0.4 is 11.1 Å². The second-order valence-corrected chi connectivity index (χ2v) is 6.85. The molecule has 0 aromatic carbocycles. The van der Waals surface area contributed by atoms with Crippen molar-refractivity contribution in [3.05, 3.63) is 17.5 Å². The summed E-state index contributed by atoms with van der Waals surface area (Å²) in [5.41, 5.74) is 7.95. The number of carbonyl (C=O) groups excluding carboxylic acids is 1. The second kappa shape index (κ2) is 5.56. The largest absolute Gasteiger partial charge is 0.353 e. The first-order valence-electron chi connectivity index (χ1n) is 7.34. The molecule has 0 radical (unpaired) electrons. The van der Waals surface area contributed by atoms with Crippen LogP contribution in [0.5, 0.6) is 0 Å². The van der Waals surface area contributed by atoms with Gasteiger partial charge in [0, 0.05) is 31.2 Å². The summed E-state index contributed by atoms with van der Waals surface area (Å²) in [6.45, 7) is 6.79. The van der Waals surface area contributed by atoms with Gasteiger partial charge in [-0.25, -0.2) is 0 Å². The SMILES string of the molecule is Cn1cc(CC(CN)C(=O)NC2CC2)c(C(C)(C)C)n1. The number of aryl methyl sites for hydroxylation is 1. The molecule has 3 N–H and O–H groups in total. The van der Waals surface area contributed by atoms with E-state index in [0.717, 1.165) is 24.1 Å². The van der Waals surface area contributed by atoms with Gasteiger partial charge in [-0.2, -0.15) is 5.10 Å². The van der Waals surface area contributed by atoms with Gasteiger partial charge >= 0.3 is 0 Å². The zero-order valence-electron chi connectivity index (χ0n) is 12.9. The highest BCUT2D eigenvalue weighted by Gasteiger charge is 2.29. The molecule has 1 heterocycles. The van der Waals surface area contributed by atoms with Gasteiger partial charge in [0.15, 0.2) is 0 Å². The van der Waals surface area contributed by atoms with E-state index in [4.69, 9.17) is 5.73 Å². The normalized spacial score (nSPS) is 17.1. The molecule has 1 aliphatic rings. The summed E-state index contributed by atoms with van der Waals surface area (Å²) in [7, 11) is 1.92. The van der Waals surface area contributed by atoms with Crippen LogP contribution >= 0.6 is 0 Å². The highest BCUT2D eigenvalue weighted by molar-refractivity contribution is 5.79. The number of hydrogen-bond acceptors (Lipinski definition) is 3. The number of nitrogens with one attached hydrogen (secondary N) is 1. The molecule has 1 unspecified atom stereocenters. The maximum Gasteiger partial charge on any atom is 0.224 e. The smallest absolute Gasteiger partial charge is 0.224 e. The molecule has 1 aromatic rings. The molecule has 0 bridgehead atoms. The summed E-state index contributed by atoms with van der Waals surface area (Å²) in [4.78, 5) is 12.2. The predicted octanol–water partition coefficient (Wildman–Crippen LogP) is 1.11. The van der Waals surface area contributed by atoms with Crippen LogP contribution in [0.4, 0.5) is 0 Å². The molecule has 1 saturated carbocycles. The highest BCUT2D eigenvalue weighted by Crippen LogP contribution is 2.26. The standard InChI is InChI=1S/C15H26N4O/c1-15(2,3)13-11(9-19(4)18-13)7-10(8-16)14(20)17-12-5-6-12/h9-10,12H,5-8,16H2,1-4H3,(H,17,20). The van der Waals surface area contributed by atoms with E-state index in [1.54, 1.807) is 0 Å². The Bertz CT molecular complexity index is 483. The van der Waals surface area contributed by atoms with Crippen molar-refractivity contribution in [1.82, 2.24) is 15.1 Å². The van der Waals surface area contributed by atoms with Crippen LogP contribution in [0.25, 0.3) is 0 Å². The maximum atomic E-state index is 12.2. The van der Waals surface area contributed by atoms with E-state index in [1.165, 1.54) is 0 Å². The minimum Gasteiger partial charge on any atom is -0.353 e. The fourth-order valence-corrected chi connectivity index (χ4v) is 2.41. The van der Waals surface area contributed by atoms with Crippen molar-refractivity contribution in [1.29, 1.82) is 0 Å². The third kappa shape index (κ3) is 3.60. The van der Waals surface area contributed by atoms with Crippen molar-refractivity contribution in [3.8, 4) is 0 Å². The zero-order valence-corrected chi connectivity index (χ0v) is 12.9. The van der Waals surface area contributed by atoms with Crippen molar-refractivity contribution in [2.45, 2.75) is 51.5 Å². The van der Waals surface area contributed by atoms with Crippen molar-refractivity contribution in [2.75, 3.05) is 6.54 Å². The van der Waals surface area contributed by atoms with Crippen LogP contribution in [-0.4, -0.2) is 28.3 Å². The Balaban J connectivity index is 2.12. The van der Waals surface area contributed by atoms with Gasteiger partial charge in [-0.05, 0) is 24.8 Å². The Morgan fingerprint density at radius 2 is 2.20 bits per heavy atom. The zero-order chi connectivity index (χ0) is 14.9. The number of aromatic nitrogens is 2. The predicted molar refractivity (Wildman–Crippen MR) is 79.3 cm³/mol. The summed E-state index contributed by atoms with van der Waals surface area (Å²) < 4.78 is 1.82. The Labute approximate surface area is 120 Å². The molecule has 0 saturated heterocycles. The molecule has 20 heavy (non-hydrogen) atoms. The van der Waals surface area contributed by atoms with Gasteiger partial charge < -0.3 is 11.1 Å². The summed E-state index contributed by atoms with van der Waals surface area (Å²) in [6.07, 6.45) is 4.87. The van der Waals surface area contributed by atoms with Crippen molar-refractivity contribution in [2.24, 2.45) is 18.7 Å². The van der Waals surface area contributed by atoms with Crippen LogP contribution in [0.15, 0.2) is 6.20 Å². The lowest BCUT2D eigenvalue weighted by atomic mass is 9.86. The van der Waals surface area contributed by atoms with Gasteiger partial charge in [0.1, 0.15) is 0 Å². The van der Waals surface area contributed by atoms with E-state index in [0.29, 0.717) is 19.0 Å². The molecule has 1 aromatic heterocycles. The first-order valence-corrected chi connectivity index (χ1v) is 7.34. The number of carbonyl (C=O) groups is 1. The Morgan fingerprint density at radius 3 is 2.70 bits per heavy atom. The van der Waals surface area contributed by atoms with E-state index in [9.17, 15) is 4.79 Å². The lowest BCUT2D eigenvalue weighted by Crippen LogP contribution is -2.37. The molecular weight excluding hydrogens is 252 g/mol. The van der Waals surface area contributed by atoms with E-state index in [2.05, 4.69) is 31.2 Å². The third-order valence-corrected chi connectivity index (χ3v) is 3.66. The summed E-state index contributed by atoms with van der Waals surface area (Å²) >= 11 is 0. The Morgan fingerprint density at radius 1 is 1.55 bits per heavy atom. The van der Waals surface area contributed by atoms with Crippen LogP contribution in [0, 0.1) is 5.92 Å². The fourth-order valence-electron chi connectivity index (χ4n) is 2.41. The number of nitrogens with two attached hydrogens (primary N) is 1. The van der Waals surface area contributed by atoms with Gasteiger partial charge in [0.2, 0.25) is 5.91 Å². The van der Waals surface area contributed by atoms with Gasteiger partial charge in [0.25, 0.3) is 0 Å². The second-order valence-electron chi connectivity index (χ2n) is 6.85. The fraction of sp³-hybridized carbons (Fsp3) is 0.733. The van der Waals surface area contributed by atoms with Crippen molar-refractivity contribution < 1.29 is 4.79 Å². The van der Waals surface area contributed by atoms with Gasteiger partial charge in [0.05, 0.1) is 11.6 Å². The lowest BCUT2D eigenvalue weighted by molar-refractivity contribution is -0.124. The number of amides is 1. The van der Waals surface area contributed by atoms with E-state index < -0.39 is 0 Å². The van der Waals surface area contributed by atoms with Crippen LogP contribution in [-0.2, 0) is 23.7 Å². The summed E-state index contributed by atoms with van der Waals surface area (Å²) in [6, 6.07) is 0.382. The Kier molecular flexibility index (Phi) is 4.18. The topological polar surface area (TPSA) is 72.9 Å². The Hall–Kier alpha value is -1.36. The average molecular weight is 278 g/mol. The molecular formula is C15H26N4O. The molecule has 2 rings (SSSR count). The first-order chi connectivity index (χ1) is 9.31. The number of hydrogen-bond donors (Lipinski definition) is 2. The van der Waals surface area contributed by atoms with Gasteiger partial charge in [-0.1, -0.05) is 20.8 Å². The molecule has 112 valence electrons. The van der Waals surface area contributed by atoms with Crippen LogP contribution in [0.1, 0.15) is 44.9 Å². The molecule has 1 amide bonds. The molecule has 0 aliphatic heterocycles. The van der Waals surface area contributed by atoms with Crippen molar-refractivity contribution in [3.63, 3.8) is 0 Å². The van der Waals surface area contributed by atoms with E-state index in [-0.39, 0.29) is 17.2 Å². The molecule has 1 aliphatic carbocycles. The third-order valence-electron chi connectivity index (χ3n) is 3.66. The molecule has 1 atom stereocenters. The van der Waals surface area contributed by atoms with Crippen LogP contribution in [0.2, 0.25) is 0 Å².